The fourth-order valence-corrected chi connectivity index (χ4v) is 4.35. The number of carboxylic acid groups (broad SMARTS) is 1. The minimum absolute atomic E-state index is 0.0990. The molecule has 3 aromatic rings. The molecule has 1 heterocycles. The summed E-state index contributed by atoms with van der Waals surface area (Å²) in [6, 6.07) is 16.4. The minimum atomic E-state index is -0.812. The lowest BCUT2D eigenvalue weighted by atomic mass is 9.90. The van der Waals surface area contributed by atoms with Crippen molar-refractivity contribution >= 4 is 5.97 Å². The molecule has 0 fully saturated rings. The van der Waals surface area contributed by atoms with Gasteiger partial charge in [0.1, 0.15) is 23.9 Å². The Morgan fingerprint density at radius 3 is 2.70 bits per heavy atom. The van der Waals surface area contributed by atoms with Gasteiger partial charge in [-0.15, -0.1) is 0 Å². The van der Waals surface area contributed by atoms with Crippen molar-refractivity contribution in [2.24, 2.45) is 0 Å². The smallest absolute Gasteiger partial charge is 0.303 e. The van der Waals surface area contributed by atoms with Crippen molar-refractivity contribution in [1.29, 1.82) is 0 Å². The molecule has 1 aliphatic rings. The topological polar surface area (TPSA) is 65.0 Å². The number of fused-ring (bicyclic) bond motifs is 1. The van der Waals surface area contributed by atoms with Crippen molar-refractivity contribution in [2.45, 2.75) is 46.6 Å². The fraction of sp³-hybridized carbons (Fsp3) is 0.321. The summed E-state index contributed by atoms with van der Waals surface area (Å²) >= 11 is 0. The van der Waals surface area contributed by atoms with Gasteiger partial charge in [-0.1, -0.05) is 24.3 Å². The third-order valence-corrected chi connectivity index (χ3v) is 6.05. The lowest BCUT2D eigenvalue weighted by molar-refractivity contribution is -0.137. The Morgan fingerprint density at radius 1 is 1.03 bits per heavy atom. The highest BCUT2D eigenvalue weighted by Crippen LogP contribution is 2.38. The Morgan fingerprint density at radius 2 is 1.88 bits per heavy atom. The van der Waals surface area contributed by atoms with Crippen LogP contribution in [0.5, 0.6) is 17.2 Å². The van der Waals surface area contributed by atoms with Gasteiger partial charge in [-0.05, 0) is 78.8 Å². The molecule has 0 radical (unpaired) electrons. The van der Waals surface area contributed by atoms with Crippen molar-refractivity contribution in [3.63, 3.8) is 0 Å². The zero-order valence-electron chi connectivity index (χ0n) is 19.4. The van der Waals surface area contributed by atoms with Crippen LogP contribution in [0.3, 0.4) is 0 Å². The zero-order chi connectivity index (χ0) is 23.4. The SMILES string of the molecule is Cc1ccc(OCc2cccc(-c3c(C)cc4c(c3C)CCO4)c2)cc1OCCCC(=O)O. The van der Waals surface area contributed by atoms with Crippen LogP contribution in [0.25, 0.3) is 11.1 Å². The summed E-state index contributed by atoms with van der Waals surface area (Å²) in [5.41, 5.74) is 8.37. The van der Waals surface area contributed by atoms with E-state index in [1.54, 1.807) is 0 Å². The van der Waals surface area contributed by atoms with Crippen LogP contribution in [0.15, 0.2) is 48.5 Å². The molecule has 5 nitrogen and oxygen atoms in total. The minimum Gasteiger partial charge on any atom is -0.493 e. The van der Waals surface area contributed by atoms with Crippen molar-refractivity contribution < 1.29 is 24.1 Å². The van der Waals surface area contributed by atoms with Crippen molar-refractivity contribution in [2.75, 3.05) is 13.2 Å². The maximum absolute atomic E-state index is 10.7. The number of aliphatic carboxylic acids is 1. The van der Waals surface area contributed by atoms with E-state index in [2.05, 4.69) is 44.2 Å². The average molecular weight is 447 g/mol. The molecule has 1 aliphatic heterocycles. The van der Waals surface area contributed by atoms with Gasteiger partial charge in [0.05, 0.1) is 13.2 Å². The molecular formula is C28H30O5. The monoisotopic (exact) mass is 446 g/mol. The third-order valence-electron chi connectivity index (χ3n) is 6.05. The molecule has 0 bridgehead atoms. The van der Waals surface area contributed by atoms with Crippen LogP contribution in [0.1, 0.15) is 40.7 Å². The molecule has 0 spiro atoms. The number of carboxylic acids is 1. The first-order valence-electron chi connectivity index (χ1n) is 11.4. The Labute approximate surface area is 194 Å². The van der Waals surface area contributed by atoms with E-state index in [4.69, 9.17) is 19.3 Å². The number of carbonyl (C=O) groups is 1. The van der Waals surface area contributed by atoms with Crippen LogP contribution in [-0.4, -0.2) is 24.3 Å². The van der Waals surface area contributed by atoms with E-state index in [1.807, 2.05) is 25.1 Å². The maximum Gasteiger partial charge on any atom is 0.303 e. The van der Waals surface area contributed by atoms with E-state index in [1.165, 1.54) is 27.8 Å². The van der Waals surface area contributed by atoms with Crippen LogP contribution >= 0.6 is 0 Å². The fourth-order valence-electron chi connectivity index (χ4n) is 4.35. The molecule has 0 unspecified atom stereocenters. The average Bonchev–Trinajstić information content (AvgIpc) is 3.26. The van der Waals surface area contributed by atoms with E-state index in [-0.39, 0.29) is 6.42 Å². The number of ether oxygens (including phenoxy) is 3. The molecule has 0 saturated heterocycles. The van der Waals surface area contributed by atoms with Crippen LogP contribution in [0.4, 0.5) is 0 Å². The van der Waals surface area contributed by atoms with E-state index in [0.717, 1.165) is 41.4 Å². The molecular weight excluding hydrogens is 416 g/mol. The second-order valence-corrected chi connectivity index (χ2v) is 8.53. The molecule has 3 aromatic carbocycles. The molecule has 4 rings (SSSR count). The summed E-state index contributed by atoms with van der Waals surface area (Å²) < 4.78 is 17.6. The number of rotatable bonds is 9. The van der Waals surface area contributed by atoms with E-state index < -0.39 is 5.97 Å². The Hall–Kier alpha value is -3.47. The molecule has 33 heavy (non-hydrogen) atoms. The predicted octanol–water partition coefficient (Wildman–Crippen LogP) is 6.04. The normalized spacial score (nSPS) is 12.2. The van der Waals surface area contributed by atoms with Gasteiger partial charge in [0.15, 0.2) is 0 Å². The van der Waals surface area contributed by atoms with Gasteiger partial charge in [-0.3, -0.25) is 4.79 Å². The second-order valence-electron chi connectivity index (χ2n) is 8.53. The van der Waals surface area contributed by atoms with Crippen LogP contribution in [0, 0.1) is 20.8 Å². The largest absolute Gasteiger partial charge is 0.493 e. The summed E-state index contributed by atoms with van der Waals surface area (Å²) in [6.07, 6.45) is 1.54. The van der Waals surface area contributed by atoms with Gasteiger partial charge in [0.25, 0.3) is 0 Å². The molecule has 0 amide bonds. The standard InChI is InChI=1S/C28H30O5/c1-18-9-10-23(16-25(18)31-12-5-8-27(29)30)33-17-21-6-4-7-22(15-21)28-19(2)14-26-24(20(28)3)11-13-32-26/h4,6-7,9-10,14-16H,5,8,11-13,17H2,1-3H3,(H,29,30). The summed E-state index contributed by atoms with van der Waals surface area (Å²) in [6.45, 7) is 7.85. The molecule has 172 valence electrons. The highest BCUT2D eigenvalue weighted by Gasteiger charge is 2.19. The summed E-state index contributed by atoms with van der Waals surface area (Å²) in [5, 5.41) is 8.77. The lowest BCUT2D eigenvalue weighted by Crippen LogP contribution is -2.03. The molecule has 1 N–H and O–H groups in total. The molecule has 5 heteroatoms. The highest BCUT2D eigenvalue weighted by molar-refractivity contribution is 5.74. The van der Waals surface area contributed by atoms with Crippen LogP contribution in [-0.2, 0) is 17.8 Å². The zero-order valence-corrected chi connectivity index (χ0v) is 19.4. The predicted molar refractivity (Wildman–Crippen MR) is 128 cm³/mol. The summed E-state index contributed by atoms with van der Waals surface area (Å²) in [5.74, 6) is 1.65. The second kappa shape index (κ2) is 9.99. The van der Waals surface area contributed by atoms with Crippen molar-refractivity contribution in [1.82, 2.24) is 0 Å². The first-order chi connectivity index (χ1) is 15.9. The van der Waals surface area contributed by atoms with E-state index in [0.29, 0.717) is 19.6 Å². The number of hydrogen-bond acceptors (Lipinski definition) is 4. The quantitative estimate of drug-likeness (QED) is 0.406. The summed E-state index contributed by atoms with van der Waals surface area (Å²) in [7, 11) is 0. The van der Waals surface area contributed by atoms with Gasteiger partial charge < -0.3 is 19.3 Å². The van der Waals surface area contributed by atoms with Crippen molar-refractivity contribution in [3.05, 3.63) is 76.3 Å². The van der Waals surface area contributed by atoms with Gasteiger partial charge in [-0.25, -0.2) is 0 Å². The molecule has 0 saturated carbocycles. The number of hydrogen-bond donors (Lipinski definition) is 1. The Bertz CT molecular complexity index is 1170. The third kappa shape index (κ3) is 5.30. The van der Waals surface area contributed by atoms with Gasteiger partial charge in [0.2, 0.25) is 0 Å². The first kappa shape index (κ1) is 22.7. The first-order valence-corrected chi connectivity index (χ1v) is 11.4. The Kier molecular flexibility index (Phi) is 6.87. The van der Waals surface area contributed by atoms with Gasteiger partial charge >= 0.3 is 5.97 Å². The Balaban J connectivity index is 1.46. The number of benzene rings is 3. The molecule has 0 atom stereocenters. The summed E-state index contributed by atoms with van der Waals surface area (Å²) in [4.78, 5) is 10.7. The van der Waals surface area contributed by atoms with Crippen molar-refractivity contribution in [3.8, 4) is 28.4 Å². The number of aryl methyl sites for hydroxylation is 2. The molecule has 0 aromatic heterocycles. The van der Waals surface area contributed by atoms with E-state index in [9.17, 15) is 4.79 Å². The van der Waals surface area contributed by atoms with Crippen LogP contribution in [0.2, 0.25) is 0 Å². The van der Waals surface area contributed by atoms with Crippen LogP contribution < -0.4 is 14.2 Å². The molecule has 0 aliphatic carbocycles. The van der Waals surface area contributed by atoms with Gasteiger partial charge in [0, 0.05) is 24.5 Å². The highest BCUT2D eigenvalue weighted by atomic mass is 16.5. The van der Waals surface area contributed by atoms with Gasteiger partial charge in [-0.2, -0.15) is 0 Å². The lowest BCUT2D eigenvalue weighted by Gasteiger charge is -2.15. The van der Waals surface area contributed by atoms with E-state index >= 15 is 0 Å². The maximum atomic E-state index is 10.7.